The third kappa shape index (κ3) is 10.4. The molecule has 424 valence electrons. The van der Waals surface area contributed by atoms with Gasteiger partial charge in [-0.25, -0.2) is 4.79 Å². The molecular weight excluding hydrogens is 977 g/mol. The molecule has 6 heterocycles. The van der Waals surface area contributed by atoms with Crippen molar-refractivity contribution in [3.63, 3.8) is 0 Å². The fourth-order valence-electron chi connectivity index (χ4n) is 15.8. The molecule has 9 rings (SSSR count). The van der Waals surface area contributed by atoms with E-state index in [-0.39, 0.29) is 12.0 Å². The molecule has 1 aliphatic carbocycles. The minimum Gasteiger partial charge on any atom is -0.496 e. The summed E-state index contributed by atoms with van der Waals surface area (Å²) in [7, 11) is 6.15. The number of ether oxygens (including phenoxy) is 4. The maximum absolute atomic E-state index is 15.3. The highest BCUT2D eigenvalue weighted by molar-refractivity contribution is 5.95. The van der Waals surface area contributed by atoms with E-state index in [2.05, 4.69) is 46.0 Å². The predicted octanol–water partition coefficient (Wildman–Crippen LogP) is 9.54. The molecule has 3 aromatic rings. The number of para-hydroxylation sites is 1. The molecule has 2 aromatic carbocycles. The second-order valence-electron chi connectivity index (χ2n) is 23.6. The van der Waals surface area contributed by atoms with Gasteiger partial charge in [-0.2, -0.15) is 0 Å². The van der Waals surface area contributed by atoms with Crippen molar-refractivity contribution in [3.05, 3.63) is 70.9 Å². The summed E-state index contributed by atoms with van der Waals surface area (Å²) in [5.74, 6) is -2.22. The second-order valence-corrected chi connectivity index (χ2v) is 23.6. The molecule has 2 saturated heterocycles. The number of fused-ring (bicyclic) bond motifs is 6. The number of aliphatic carboxylic acids is 1. The maximum Gasteiger partial charge on any atom is 0.344 e. The Kier molecular flexibility index (Phi) is 18.3. The molecule has 0 radical (unpaired) electrons. The van der Waals surface area contributed by atoms with Crippen molar-refractivity contribution >= 4 is 40.5 Å². The van der Waals surface area contributed by atoms with Crippen LogP contribution in [0.5, 0.6) is 5.75 Å². The first-order valence-electron chi connectivity index (χ1n) is 29.2. The van der Waals surface area contributed by atoms with E-state index in [1.54, 1.807) is 7.11 Å². The summed E-state index contributed by atoms with van der Waals surface area (Å²) in [6.45, 7) is 10.9. The first-order chi connectivity index (χ1) is 37.0. The summed E-state index contributed by atoms with van der Waals surface area (Å²) >= 11 is 0. The molecule has 2 bridgehead atoms. The van der Waals surface area contributed by atoms with Crippen molar-refractivity contribution < 1.29 is 53.4 Å². The number of methoxy groups -OCH3 is 3. The number of hydrogen-bond acceptors (Lipinski definition) is 13. The van der Waals surface area contributed by atoms with E-state index in [1.165, 1.54) is 91.8 Å². The summed E-state index contributed by atoms with van der Waals surface area (Å²) in [6.07, 6.45) is 23.2. The molecule has 1 aromatic heterocycles. The van der Waals surface area contributed by atoms with Gasteiger partial charge >= 0.3 is 23.9 Å². The molecule has 3 fully saturated rings. The normalized spacial score (nSPS) is 30.8. The van der Waals surface area contributed by atoms with Gasteiger partial charge in [-0.05, 0) is 80.7 Å². The molecular formula is C62H90N4O11. The van der Waals surface area contributed by atoms with Crippen LogP contribution in [-0.4, -0.2) is 144 Å². The molecule has 0 unspecified atom stereocenters. The van der Waals surface area contributed by atoms with Gasteiger partial charge in [-0.15, -0.1) is 0 Å². The van der Waals surface area contributed by atoms with Crippen molar-refractivity contribution in [2.45, 2.75) is 196 Å². The molecule has 4 N–H and O–H groups in total. The van der Waals surface area contributed by atoms with Gasteiger partial charge in [0.2, 0.25) is 5.60 Å². The van der Waals surface area contributed by atoms with E-state index in [1.807, 2.05) is 50.1 Å². The summed E-state index contributed by atoms with van der Waals surface area (Å²) in [5, 5.41) is 34.8. The minimum atomic E-state index is -2.30. The fraction of sp³-hybridized carbons (Fsp3) is 0.677. The third-order valence-corrected chi connectivity index (χ3v) is 19.1. The number of aromatic nitrogens is 1. The van der Waals surface area contributed by atoms with E-state index in [4.69, 9.17) is 24.1 Å². The van der Waals surface area contributed by atoms with Gasteiger partial charge < -0.3 is 44.2 Å². The lowest BCUT2D eigenvalue weighted by atomic mass is 9.47. The standard InChI is InChI=1S/C46H58N4O9.C16H32O2/c1-8-42(54)23-28-24-45(40(52)57-6,36-30(15-19-49(25-28)26-42)29-13-10-11-14-33(29)47-36)32-21-31-34(22-35(32)56-5)48(4)38-44(31)17-20-50-18-12-16-43(9-2,37(44)50)39(59-27(3)51)46(38,55)41(53)58-7;1-2-3-4-5-6-7-8-9-10-11-12-13-14-15-16(17)18/h10-14,16,21-22,28,37-39,47,54-55H,8-9,15,17-20,23-26H2,1-7H3;2-15H2,1H3,(H,17,18)/t28-,37-,38+,39+,42-,43+,44+,45-,46-;/m0./s1. The van der Waals surface area contributed by atoms with Crippen LogP contribution in [0.25, 0.3) is 10.9 Å². The SMILES string of the molecule is CCCCCCCCCCCCCCCC(=O)O.CC[C@]1(O)C[C@@H]2C[N@@](CCc3c([nH]c4ccccc34)[C@@](C(=O)OC)(c3cc4c(cc3OC)N(C)[C@H]3[C@@](O)(C(=O)OC)[C@H](OC(C)=O)[C@]5(CC)C=CCN6CC[C@]43[C@@H]65)C2)C1. The van der Waals surface area contributed by atoms with Gasteiger partial charge in [0, 0.05) is 97.4 Å². The minimum absolute atomic E-state index is 0.0986. The van der Waals surface area contributed by atoms with Crippen LogP contribution in [0.3, 0.4) is 0 Å². The molecule has 1 spiro atoms. The van der Waals surface area contributed by atoms with Crippen LogP contribution in [0.15, 0.2) is 48.6 Å². The highest BCUT2D eigenvalue weighted by atomic mass is 16.6. The highest BCUT2D eigenvalue weighted by Gasteiger charge is 2.80. The number of carbonyl (C=O) groups excluding carboxylic acids is 3. The van der Waals surface area contributed by atoms with E-state index in [9.17, 15) is 24.6 Å². The molecule has 15 heteroatoms. The lowest BCUT2D eigenvalue weighted by molar-refractivity contribution is -0.228. The third-order valence-electron chi connectivity index (χ3n) is 19.1. The second kappa shape index (κ2) is 24.2. The smallest absolute Gasteiger partial charge is 0.344 e. The summed E-state index contributed by atoms with van der Waals surface area (Å²) in [6, 6.07) is 11.0. The number of carboxylic acids is 1. The number of esters is 3. The Morgan fingerprint density at radius 1 is 0.792 bits per heavy atom. The number of rotatable bonds is 21. The Labute approximate surface area is 457 Å². The number of benzene rings is 2. The van der Waals surface area contributed by atoms with Gasteiger partial charge in [-0.3, -0.25) is 24.2 Å². The summed E-state index contributed by atoms with van der Waals surface area (Å²) in [5.41, 5.74) is -1.62. The number of nitrogens with one attached hydrogen (secondary N) is 1. The zero-order valence-electron chi connectivity index (χ0n) is 47.6. The Balaban J connectivity index is 0.000000374. The number of anilines is 1. The Morgan fingerprint density at radius 2 is 1.45 bits per heavy atom. The van der Waals surface area contributed by atoms with Crippen LogP contribution in [-0.2, 0) is 50.6 Å². The van der Waals surface area contributed by atoms with Crippen molar-refractivity contribution in [3.8, 4) is 5.75 Å². The Morgan fingerprint density at radius 3 is 2.06 bits per heavy atom. The largest absolute Gasteiger partial charge is 0.496 e. The lowest BCUT2D eigenvalue weighted by Gasteiger charge is -2.63. The van der Waals surface area contributed by atoms with E-state index in [0.717, 1.165) is 46.3 Å². The van der Waals surface area contributed by atoms with Crippen molar-refractivity contribution in [1.82, 2.24) is 14.8 Å². The van der Waals surface area contributed by atoms with Crippen molar-refractivity contribution in [2.24, 2.45) is 11.3 Å². The quantitative estimate of drug-likeness (QED) is 0.0341. The van der Waals surface area contributed by atoms with Gasteiger partial charge in [-0.1, -0.05) is 128 Å². The lowest BCUT2D eigenvalue weighted by Crippen LogP contribution is -2.81. The number of piperidine rings is 1. The number of hydrogen-bond donors (Lipinski definition) is 4. The van der Waals surface area contributed by atoms with Gasteiger partial charge in [0.05, 0.1) is 33.0 Å². The first kappa shape index (κ1) is 58.2. The number of carboxylic acid groups (broad SMARTS) is 1. The van der Waals surface area contributed by atoms with Crippen LogP contribution in [0.4, 0.5) is 5.69 Å². The van der Waals surface area contributed by atoms with Gasteiger partial charge in [0.25, 0.3) is 0 Å². The zero-order valence-corrected chi connectivity index (χ0v) is 47.6. The monoisotopic (exact) mass is 1070 g/mol. The van der Waals surface area contributed by atoms with Crippen LogP contribution in [0.2, 0.25) is 0 Å². The number of nitrogens with zero attached hydrogens (tertiary/aromatic N) is 3. The number of likely N-dealkylation sites (N-methyl/N-ethyl adjacent to an activating group) is 1. The molecule has 0 amide bonds. The number of H-pyrrole nitrogens is 1. The van der Waals surface area contributed by atoms with Crippen LogP contribution >= 0.6 is 0 Å². The first-order valence-corrected chi connectivity index (χ1v) is 29.2. The Hall–Kier alpha value is -4.96. The summed E-state index contributed by atoms with van der Waals surface area (Å²) in [4.78, 5) is 63.5. The number of aliphatic hydroxyl groups is 2. The summed E-state index contributed by atoms with van der Waals surface area (Å²) < 4.78 is 23.9. The maximum atomic E-state index is 15.3. The van der Waals surface area contributed by atoms with E-state index >= 15 is 4.79 Å². The van der Waals surface area contributed by atoms with Gasteiger partial charge in [0.15, 0.2) is 6.10 Å². The number of carbonyl (C=O) groups is 4. The molecule has 10 atom stereocenters. The van der Waals surface area contributed by atoms with Crippen molar-refractivity contribution in [1.29, 1.82) is 0 Å². The van der Waals surface area contributed by atoms with Crippen LogP contribution in [0, 0.1) is 11.3 Å². The molecule has 6 aliphatic rings. The molecule has 1 saturated carbocycles. The number of unbranched alkanes of at least 4 members (excludes halogenated alkanes) is 12. The highest BCUT2D eigenvalue weighted by Crippen LogP contribution is 2.68. The topological polar surface area (TPSA) is 191 Å². The fourth-order valence-corrected chi connectivity index (χ4v) is 15.8. The zero-order chi connectivity index (χ0) is 55.3. The molecule has 5 aliphatic heterocycles. The molecule has 77 heavy (non-hydrogen) atoms. The van der Waals surface area contributed by atoms with Crippen LogP contribution in [0.1, 0.15) is 172 Å². The molecule has 15 nitrogen and oxygen atoms in total. The predicted molar refractivity (Wildman–Crippen MR) is 298 cm³/mol. The van der Waals surface area contributed by atoms with Crippen LogP contribution < -0.4 is 9.64 Å². The van der Waals surface area contributed by atoms with Crippen molar-refractivity contribution in [2.75, 3.05) is 66.0 Å². The average molecular weight is 1070 g/mol. The van der Waals surface area contributed by atoms with E-state index in [0.29, 0.717) is 89.0 Å². The van der Waals surface area contributed by atoms with Gasteiger partial charge in [0.1, 0.15) is 11.2 Å². The van der Waals surface area contributed by atoms with E-state index < -0.39 is 63.5 Å². The average Bonchev–Trinajstić information content (AvgIpc) is 4.13. The number of aromatic amines is 1. The Bertz CT molecular complexity index is 2620.